The Kier molecular flexibility index (Phi) is 2.49. The van der Waals surface area contributed by atoms with E-state index in [4.69, 9.17) is 5.73 Å². The van der Waals surface area contributed by atoms with Crippen LogP contribution in [0.2, 0.25) is 0 Å². The van der Waals surface area contributed by atoms with E-state index in [9.17, 15) is 4.79 Å². The summed E-state index contributed by atoms with van der Waals surface area (Å²) in [5, 5.41) is 4.50. The number of amides is 1. The molecular formula is C16H13NO. The minimum absolute atomic E-state index is 0.280. The van der Waals surface area contributed by atoms with Crippen LogP contribution < -0.4 is 5.73 Å². The fourth-order valence-electron chi connectivity index (χ4n) is 2.47. The highest BCUT2D eigenvalue weighted by Crippen LogP contribution is 2.28. The average molecular weight is 235 g/mol. The fraction of sp³-hybridized carbons (Fsp3) is 0.0625. The minimum atomic E-state index is -0.295. The second-order valence-corrected chi connectivity index (χ2v) is 4.44. The first-order valence-corrected chi connectivity index (χ1v) is 5.93. The van der Waals surface area contributed by atoms with E-state index >= 15 is 0 Å². The van der Waals surface area contributed by atoms with Crippen molar-refractivity contribution in [2.45, 2.75) is 6.42 Å². The molecule has 0 atom stereocenters. The van der Waals surface area contributed by atoms with Gasteiger partial charge >= 0.3 is 0 Å². The van der Waals surface area contributed by atoms with Crippen molar-refractivity contribution in [1.29, 1.82) is 0 Å². The van der Waals surface area contributed by atoms with E-state index in [1.165, 1.54) is 0 Å². The van der Waals surface area contributed by atoms with E-state index in [1.807, 2.05) is 36.4 Å². The van der Waals surface area contributed by atoms with Crippen LogP contribution in [0.1, 0.15) is 5.56 Å². The molecule has 3 rings (SSSR count). The first kappa shape index (κ1) is 10.8. The lowest BCUT2D eigenvalue weighted by atomic mass is 9.95. The molecule has 3 aromatic rings. The van der Waals surface area contributed by atoms with Crippen LogP contribution in [0.3, 0.4) is 0 Å². The van der Waals surface area contributed by atoms with E-state index in [2.05, 4.69) is 18.2 Å². The van der Waals surface area contributed by atoms with E-state index in [-0.39, 0.29) is 12.3 Å². The van der Waals surface area contributed by atoms with Crippen LogP contribution in [0.5, 0.6) is 0 Å². The predicted octanol–water partition coefficient (Wildman–Crippen LogP) is 3.02. The van der Waals surface area contributed by atoms with Crippen LogP contribution in [0, 0.1) is 0 Å². The van der Waals surface area contributed by atoms with Crippen LogP contribution in [-0.2, 0) is 11.2 Å². The first-order valence-electron chi connectivity index (χ1n) is 5.93. The fourth-order valence-corrected chi connectivity index (χ4v) is 2.47. The zero-order chi connectivity index (χ0) is 12.5. The molecule has 0 aromatic heterocycles. The molecule has 0 aliphatic carbocycles. The molecule has 3 aromatic carbocycles. The molecule has 0 bridgehead atoms. The Hall–Kier alpha value is -2.35. The third-order valence-electron chi connectivity index (χ3n) is 3.23. The van der Waals surface area contributed by atoms with Gasteiger partial charge in [0.25, 0.3) is 0 Å². The van der Waals surface area contributed by atoms with E-state index in [0.717, 1.165) is 27.1 Å². The quantitative estimate of drug-likeness (QED) is 0.682. The van der Waals surface area contributed by atoms with E-state index < -0.39 is 0 Å². The normalized spacial score (nSPS) is 10.9. The molecule has 0 fully saturated rings. The Bertz CT molecular complexity index is 692. The molecule has 0 spiro atoms. The van der Waals surface area contributed by atoms with Gasteiger partial charge in [0.1, 0.15) is 0 Å². The Labute approximate surface area is 105 Å². The van der Waals surface area contributed by atoms with Gasteiger partial charge in [0.15, 0.2) is 0 Å². The Morgan fingerprint density at radius 1 is 0.889 bits per heavy atom. The van der Waals surface area contributed by atoms with Crippen LogP contribution in [-0.4, -0.2) is 5.91 Å². The number of fused-ring (bicyclic) bond motifs is 2. The van der Waals surface area contributed by atoms with Gasteiger partial charge in [0.05, 0.1) is 6.42 Å². The molecule has 0 saturated heterocycles. The average Bonchev–Trinajstić information content (AvgIpc) is 2.38. The lowest BCUT2D eigenvalue weighted by Gasteiger charge is -2.09. The summed E-state index contributed by atoms with van der Waals surface area (Å²) in [6.45, 7) is 0. The van der Waals surface area contributed by atoms with Gasteiger partial charge < -0.3 is 5.73 Å². The van der Waals surface area contributed by atoms with Crippen molar-refractivity contribution in [3.63, 3.8) is 0 Å². The van der Waals surface area contributed by atoms with Crippen LogP contribution in [0.15, 0.2) is 54.6 Å². The summed E-state index contributed by atoms with van der Waals surface area (Å²) in [4.78, 5) is 11.3. The lowest BCUT2D eigenvalue weighted by Crippen LogP contribution is -2.14. The highest BCUT2D eigenvalue weighted by molar-refractivity contribution is 6.04. The summed E-state index contributed by atoms with van der Waals surface area (Å²) in [6, 6.07) is 18.3. The van der Waals surface area contributed by atoms with Crippen molar-refractivity contribution in [3.05, 3.63) is 60.2 Å². The minimum Gasteiger partial charge on any atom is -0.369 e. The number of hydrogen-bond donors (Lipinski definition) is 1. The molecular weight excluding hydrogens is 222 g/mol. The van der Waals surface area contributed by atoms with Gasteiger partial charge in [0.2, 0.25) is 5.91 Å². The maximum absolute atomic E-state index is 11.3. The van der Waals surface area contributed by atoms with Crippen molar-refractivity contribution in [1.82, 2.24) is 0 Å². The Morgan fingerprint density at radius 3 is 1.89 bits per heavy atom. The van der Waals surface area contributed by atoms with Gasteiger partial charge in [-0.05, 0) is 33.2 Å². The van der Waals surface area contributed by atoms with Gasteiger partial charge in [-0.25, -0.2) is 0 Å². The number of primary amides is 1. The van der Waals surface area contributed by atoms with Crippen molar-refractivity contribution < 1.29 is 4.79 Å². The summed E-state index contributed by atoms with van der Waals surface area (Å²) in [6.07, 6.45) is 0.280. The van der Waals surface area contributed by atoms with Gasteiger partial charge in [-0.15, -0.1) is 0 Å². The topological polar surface area (TPSA) is 43.1 Å². The lowest BCUT2D eigenvalue weighted by molar-refractivity contribution is -0.117. The zero-order valence-electron chi connectivity index (χ0n) is 9.89. The number of carbonyl (C=O) groups is 1. The maximum Gasteiger partial charge on any atom is 0.221 e. The molecule has 0 unspecified atom stereocenters. The monoisotopic (exact) mass is 235 g/mol. The summed E-state index contributed by atoms with van der Waals surface area (Å²) in [5.41, 5.74) is 6.39. The third-order valence-corrected chi connectivity index (χ3v) is 3.23. The molecule has 0 heterocycles. The molecule has 88 valence electrons. The van der Waals surface area contributed by atoms with Crippen molar-refractivity contribution in [2.24, 2.45) is 5.73 Å². The number of hydrogen-bond acceptors (Lipinski definition) is 1. The molecule has 0 aliphatic heterocycles. The number of carbonyl (C=O) groups excluding carboxylic acids is 1. The summed E-state index contributed by atoms with van der Waals surface area (Å²) >= 11 is 0. The van der Waals surface area contributed by atoms with E-state index in [1.54, 1.807) is 0 Å². The molecule has 1 amide bonds. The molecule has 18 heavy (non-hydrogen) atoms. The highest BCUT2D eigenvalue weighted by Gasteiger charge is 2.09. The second kappa shape index (κ2) is 4.15. The van der Waals surface area contributed by atoms with Gasteiger partial charge in [0, 0.05) is 0 Å². The smallest absolute Gasteiger partial charge is 0.221 e. The van der Waals surface area contributed by atoms with Crippen LogP contribution in [0.4, 0.5) is 0 Å². The largest absolute Gasteiger partial charge is 0.369 e. The standard InChI is InChI=1S/C16H13NO/c17-16(18)10-15-13-7-3-1-5-11(13)9-12-6-2-4-8-14(12)15/h1-9H,10H2,(H2,17,18). The van der Waals surface area contributed by atoms with Crippen molar-refractivity contribution in [2.75, 3.05) is 0 Å². The number of benzene rings is 3. The predicted molar refractivity (Wildman–Crippen MR) is 74.4 cm³/mol. The number of nitrogens with two attached hydrogens (primary N) is 1. The van der Waals surface area contributed by atoms with Gasteiger partial charge in [-0.3, -0.25) is 4.79 Å². The van der Waals surface area contributed by atoms with Crippen molar-refractivity contribution in [3.8, 4) is 0 Å². The van der Waals surface area contributed by atoms with Crippen LogP contribution in [0.25, 0.3) is 21.5 Å². The molecule has 2 nitrogen and oxygen atoms in total. The second-order valence-electron chi connectivity index (χ2n) is 4.44. The molecule has 0 aliphatic rings. The maximum atomic E-state index is 11.3. The van der Waals surface area contributed by atoms with Gasteiger partial charge in [-0.2, -0.15) is 0 Å². The van der Waals surface area contributed by atoms with Crippen LogP contribution >= 0.6 is 0 Å². The third kappa shape index (κ3) is 1.72. The SMILES string of the molecule is NC(=O)Cc1c2ccccc2cc2ccccc12. The summed E-state index contributed by atoms with van der Waals surface area (Å²) in [7, 11) is 0. The summed E-state index contributed by atoms with van der Waals surface area (Å²) < 4.78 is 0. The van der Waals surface area contributed by atoms with Gasteiger partial charge in [-0.1, -0.05) is 48.5 Å². The Balaban J connectivity index is 2.45. The molecule has 2 N–H and O–H groups in total. The highest BCUT2D eigenvalue weighted by atomic mass is 16.1. The Morgan fingerprint density at radius 2 is 1.39 bits per heavy atom. The number of rotatable bonds is 2. The molecule has 0 radical (unpaired) electrons. The molecule has 0 saturated carbocycles. The summed E-state index contributed by atoms with van der Waals surface area (Å²) in [5.74, 6) is -0.295. The zero-order valence-corrected chi connectivity index (χ0v) is 9.89. The molecule has 2 heteroatoms. The van der Waals surface area contributed by atoms with E-state index in [0.29, 0.717) is 0 Å². The van der Waals surface area contributed by atoms with Crippen molar-refractivity contribution >= 4 is 27.5 Å². The first-order chi connectivity index (χ1) is 8.75.